The first-order chi connectivity index (χ1) is 8.93. The fraction of sp³-hybridized carbons (Fsp3) is 0.231. The summed E-state index contributed by atoms with van der Waals surface area (Å²) in [5.41, 5.74) is 0.594. The van der Waals surface area contributed by atoms with Crippen LogP contribution in [0.2, 0.25) is 0 Å². The number of carbonyl (C=O) groups is 4. The third-order valence-electron chi connectivity index (χ3n) is 2.71. The molecule has 6 heteroatoms. The Balaban J connectivity index is 2.30. The molecule has 2 rings (SSSR count). The van der Waals surface area contributed by atoms with Crippen molar-refractivity contribution in [3.8, 4) is 0 Å². The van der Waals surface area contributed by atoms with Gasteiger partial charge in [0.15, 0.2) is 11.6 Å². The first-order valence-electron chi connectivity index (χ1n) is 5.59. The van der Waals surface area contributed by atoms with Crippen LogP contribution >= 0.6 is 11.9 Å². The predicted octanol–water partition coefficient (Wildman–Crippen LogP) is 1.48. The van der Waals surface area contributed by atoms with E-state index in [1.165, 1.54) is 13.8 Å². The van der Waals surface area contributed by atoms with Crippen LogP contribution in [0.4, 0.5) is 0 Å². The molecule has 98 valence electrons. The Morgan fingerprint density at radius 3 is 1.79 bits per heavy atom. The monoisotopic (exact) mass is 277 g/mol. The lowest BCUT2D eigenvalue weighted by atomic mass is 10.1. The molecule has 1 aromatic carbocycles. The average Bonchev–Trinajstić information content (AvgIpc) is 2.59. The molecule has 0 unspecified atom stereocenters. The van der Waals surface area contributed by atoms with E-state index in [9.17, 15) is 19.2 Å². The zero-order valence-corrected chi connectivity index (χ0v) is 11.2. The molecule has 0 aromatic heterocycles. The van der Waals surface area contributed by atoms with E-state index in [4.69, 9.17) is 0 Å². The molecular weight excluding hydrogens is 266 g/mol. The number of ketones is 2. The largest absolute Gasteiger partial charge is 0.298 e. The number of hydrogen-bond donors (Lipinski definition) is 0. The summed E-state index contributed by atoms with van der Waals surface area (Å²) in [6.07, 6.45) is 0. The van der Waals surface area contributed by atoms with E-state index in [1.807, 2.05) is 0 Å². The van der Waals surface area contributed by atoms with Crippen LogP contribution in [0.3, 0.4) is 0 Å². The van der Waals surface area contributed by atoms with Gasteiger partial charge in [-0.05, 0) is 37.9 Å². The van der Waals surface area contributed by atoms with Crippen molar-refractivity contribution < 1.29 is 19.2 Å². The second-order valence-electron chi connectivity index (χ2n) is 4.16. The molecule has 0 N–H and O–H groups in total. The number of fused-ring (bicyclic) bond motifs is 1. The van der Waals surface area contributed by atoms with E-state index in [0.29, 0.717) is 23.1 Å². The highest BCUT2D eigenvalue weighted by molar-refractivity contribution is 8.00. The lowest BCUT2D eigenvalue weighted by Crippen LogP contribution is -2.32. The van der Waals surface area contributed by atoms with Crippen LogP contribution in [0.15, 0.2) is 24.3 Å². The Kier molecular flexibility index (Phi) is 3.53. The fourth-order valence-electron chi connectivity index (χ4n) is 1.80. The second-order valence-corrected chi connectivity index (χ2v) is 5.20. The molecule has 5 nitrogen and oxygen atoms in total. The Hall–Kier alpha value is -1.95. The summed E-state index contributed by atoms with van der Waals surface area (Å²) in [6.45, 7) is 2.52. The number of Topliss-reactive ketones (excluding diaryl/α,β-unsaturated/α-hetero) is 2. The van der Waals surface area contributed by atoms with Crippen molar-refractivity contribution in [1.29, 1.82) is 0 Å². The van der Waals surface area contributed by atoms with Gasteiger partial charge < -0.3 is 0 Å². The third-order valence-corrected chi connectivity index (χ3v) is 4.12. The quantitative estimate of drug-likeness (QED) is 0.473. The van der Waals surface area contributed by atoms with Gasteiger partial charge in [-0.1, -0.05) is 12.1 Å². The van der Waals surface area contributed by atoms with Crippen LogP contribution in [-0.2, 0) is 9.59 Å². The lowest BCUT2D eigenvalue weighted by Gasteiger charge is -2.16. The molecule has 0 saturated carbocycles. The van der Waals surface area contributed by atoms with Crippen molar-refractivity contribution in [2.24, 2.45) is 0 Å². The Morgan fingerprint density at radius 1 is 1.00 bits per heavy atom. The minimum atomic E-state index is -1.03. The van der Waals surface area contributed by atoms with Crippen molar-refractivity contribution in [3.05, 3.63) is 35.4 Å². The summed E-state index contributed by atoms with van der Waals surface area (Å²) in [5, 5.41) is -1.03. The number of rotatable bonds is 4. The van der Waals surface area contributed by atoms with Gasteiger partial charge in [0.05, 0.1) is 11.1 Å². The van der Waals surface area contributed by atoms with Gasteiger partial charge in [0.1, 0.15) is 5.25 Å². The van der Waals surface area contributed by atoms with Crippen LogP contribution in [0.1, 0.15) is 34.6 Å². The zero-order chi connectivity index (χ0) is 14.2. The molecule has 19 heavy (non-hydrogen) atoms. The van der Waals surface area contributed by atoms with E-state index in [1.54, 1.807) is 24.3 Å². The minimum absolute atomic E-state index is 0.297. The van der Waals surface area contributed by atoms with Crippen molar-refractivity contribution in [3.63, 3.8) is 0 Å². The number of benzene rings is 1. The number of hydrogen-bond acceptors (Lipinski definition) is 5. The van der Waals surface area contributed by atoms with Crippen LogP contribution in [0, 0.1) is 0 Å². The van der Waals surface area contributed by atoms with Gasteiger partial charge >= 0.3 is 0 Å². The fourth-order valence-corrected chi connectivity index (χ4v) is 2.70. The van der Waals surface area contributed by atoms with Crippen LogP contribution in [-0.4, -0.2) is 32.9 Å². The van der Waals surface area contributed by atoms with Gasteiger partial charge in [-0.3, -0.25) is 19.2 Å². The Labute approximate surface area is 114 Å². The lowest BCUT2D eigenvalue weighted by molar-refractivity contribution is -0.123. The molecule has 1 heterocycles. The van der Waals surface area contributed by atoms with Crippen LogP contribution < -0.4 is 0 Å². The topological polar surface area (TPSA) is 71.5 Å². The summed E-state index contributed by atoms with van der Waals surface area (Å²) in [5.74, 6) is -1.74. The van der Waals surface area contributed by atoms with Crippen LogP contribution in [0.25, 0.3) is 0 Å². The van der Waals surface area contributed by atoms with E-state index in [-0.39, 0.29) is 11.6 Å². The molecule has 1 aliphatic rings. The van der Waals surface area contributed by atoms with Gasteiger partial charge in [-0.25, -0.2) is 4.31 Å². The van der Waals surface area contributed by atoms with Crippen molar-refractivity contribution in [2.75, 3.05) is 0 Å². The highest BCUT2D eigenvalue weighted by Crippen LogP contribution is 2.31. The van der Waals surface area contributed by atoms with Gasteiger partial charge in [-0.2, -0.15) is 0 Å². The first kappa shape index (κ1) is 13.5. The van der Waals surface area contributed by atoms with Gasteiger partial charge in [-0.15, -0.1) is 0 Å². The standard InChI is InChI=1S/C13H11NO4S/c1-7(15)11(8(2)16)19-14-12(17)9-5-3-4-6-10(9)13(14)18/h3-6,11H,1-2H3. The maximum atomic E-state index is 12.0. The van der Waals surface area contributed by atoms with E-state index < -0.39 is 17.1 Å². The van der Waals surface area contributed by atoms with Gasteiger partial charge in [0.25, 0.3) is 11.8 Å². The minimum Gasteiger partial charge on any atom is -0.298 e. The molecule has 0 bridgehead atoms. The maximum Gasteiger partial charge on any atom is 0.271 e. The molecule has 1 aromatic rings. The normalized spacial score (nSPS) is 13.9. The van der Waals surface area contributed by atoms with Crippen molar-refractivity contribution >= 4 is 35.3 Å². The summed E-state index contributed by atoms with van der Waals surface area (Å²) in [4.78, 5) is 46.8. The smallest absolute Gasteiger partial charge is 0.271 e. The van der Waals surface area contributed by atoms with Crippen LogP contribution in [0.5, 0.6) is 0 Å². The van der Waals surface area contributed by atoms with E-state index in [0.717, 1.165) is 4.31 Å². The summed E-state index contributed by atoms with van der Waals surface area (Å²) < 4.78 is 0.887. The van der Waals surface area contributed by atoms with Gasteiger partial charge in [0, 0.05) is 0 Å². The molecule has 0 fully saturated rings. The molecule has 0 aliphatic carbocycles. The highest BCUT2D eigenvalue weighted by atomic mass is 32.2. The zero-order valence-electron chi connectivity index (χ0n) is 10.4. The third kappa shape index (κ3) is 2.31. The van der Waals surface area contributed by atoms with Crippen molar-refractivity contribution in [2.45, 2.75) is 19.1 Å². The molecule has 0 atom stereocenters. The number of amides is 2. The maximum absolute atomic E-state index is 12.0. The SMILES string of the molecule is CC(=O)C(SN1C(=O)c2ccccc2C1=O)C(C)=O. The number of carbonyl (C=O) groups excluding carboxylic acids is 4. The molecule has 1 aliphatic heterocycles. The summed E-state index contributed by atoms with van der Waals surface area (Å²) in [7, 11) is 0. The van der Waals surface area contributed by atoms with Crippen molar-refractivity contribution in [1.82, 2.24) is 4.31 Å². The molecule has 2 amide bonds. The predicted molar refractivity (Wildman–Crippen MR) is 69.7 cm³/mol. The number of imide groups is 1. The molecule has 0 saturated heterocycles. The Morgan fingerprint density at radius 2 is 1.42 bits per heavy atom. The van der Waals surface area contributed by atoms with E-state index >= 15 is 0 Å². The second kappa shape index (κ2) is 4.97. The molecule has 0 radical (unpaired) electrons. The summed E-state index contributed by atoms with van der Waals surface area (Å²) in [6, 6.07) is 6.41. The first-order valence-corrected chi connectivity index (χ1v) is 6.42. The summed E-state index contributed by atoms with van der Waals surface area (Å²) >= 11 is 0.676. The van der Waals surface area contributed by atoms with E-state index in [2.05, 4.69) is 0 Å². The average molecular weight is 277 g/mol. The Bertz CT molecular complexity index is 547. The molecular formula is C13H11NO4S. The highest BCUT2D eigenvalue weighted by Gasteiger charge is 2.39. The van der Waals surface area contributed by atoms with Gasteiger partial charge in [0.2, 0.25) is 0 Å². The number of nitrogens with zero attached hydrogens (tertiary/aromatic N) is 1. The molecule has 0 spiro atoms.